The lowest BCUT2D eigenvalue weighted by atomic mass is 10.1. The lowest BCUT2D eigenvalue weighted by Crippen LogP contribution is -2.38. The fourth-order valence-corrected chi connectivity index (χ4v) is 4.55. The van der Waals surface area contributed by atoms with Gasteiger partial charge in [-0.3, -0.25) is 19.0 Å². The molecule has 0 spiro atoms. The van der Waals surface area contributed by atoms with E-state index >= 15 is 0 Å². The average Bonchev–Trinajstić information content (AvgIpc) is 3.24. The second kappa shape index (κ2) is 11.4. The van der Waals surface area contributed by atoms with E-state index in [1.807, 2.05) is 39.0 Å². The fraction of sp³-hybridized carbons (Fsp3) is 0.320. The van der Waals surface area contributed by atoms with Crippen LogP contribution in [0.5, 0.6) is 5.75 Å². The first kappa shape index (κ1) is 25.5. The Hall–Kier alpha value is -3.10. The molecule has 0 aliphatic carbocycles. The molecule has 1 atom stereocenters. The number of carbonyl (C=O) groups excluding carboxylic acids is 2. The van der Waals surface area contributed by atoms with Crippen LogP contribution in [0.4, 0.5) is 5.69 Å². The van der Waals surface area contributed by atoms with Crippen molar-refractivity contribution in [3.8, 4) is 11.4 Å². The predicted octanol–water partition coefficient (Wildman–Crippen LogP) is 4.68. The van der Waals surface area contributed by atoms with E-state index in [9.17, 15) is 14.4 Å². The Morgan fingerprint density at radius 2 is 2.00 bits per heavy atom. The van der Waals surface area contributed by atoms with Gasteiger partial charge in [-0.15, -0.1) is 11.3 Å². The van der Waals surface area contributed by atoms with Gasteiger partial charge in [-0.05, 0) is 67.8 Å². The molecule has 2 heterocycles. The SMILES string of the molecule is CCOc1cccn(-c2ccc(N(C[C@@H](C)CNC(=O)c3ccc(Cl)s3)C(C)=O)cc2C)c1=O. The lowest BCUT2D eigenvalue weighted by molar-refractivity contribution is -0.116. The van der Waals surface area contributed by atoms with E-state index in [1.165, 1.54) is 22.8 Å². The van der Waals surface area contributed by atoms with Gasteiger partial charge in [-0.1, -0.05) is 18.5 Å². The highest BCUT2D eigenvalue weighted by Gasteiger charge is 2.18. The number of hydrogen-bond donors (Lipinski definition) is 1. The molecule has 180 valence electrons. The number of aryl methyl sites for hydroxylation is 1. The van der Waals surface area contributed by atoms with Gasteiger partial charge in [0.05, 0.1) is 21.5 Å². The Balaban J connectivity index is 1.74. The smallest absolute Gasteiger partial charge is 0.297 e. The molecule has 34 heavy (non-hydrogen) atoms. The first-order valence-corrected chi connectivity index (χ1v) is 12.2. The van der Waals surface area contributed by atoms with Crippen LogP contribution in [0.1, 0.15) is 36.0 Å². The van der Waals surface area contributed by atoms with Gasteiger partial charge >= 0.3 is 0 Å². The van der Waals surface area contributed by atoms with Crippen molar-refractivity contribution in [2.24, 2.45) is 5.92 Å². The minimum absolute atomic E-state index is 0.00811. The fourth-order valence-electron chi connectivity index (χ4n) is 3.59. The molecule has 0 saturated heterocycles. The molecule has 0 aliphatic heterocycles. The third-order valence-corrected chi connectivity index (χ3v) is 6.48. The van der Waals surface area contributed by atoms with Crippen LogP contribution in [0.25, 0.3) is 5.69 Å². The summed E-state index contributed by atoms with van der Waals surface area (Å²) in [5.41, 5.74) is 2.05. The Kier molecular flexibility index (Phi) is 8.52. The molecule has 0 radical (unpaired) electrons. The molecule has 0 bridgehead atoms. The number of amides is 2. The monoisotopic (exact) mass is 501 g/mol. The maximum absolute atomic E-state index is 12.7. The number of pyridine rings is 1. The molecule has 1 aromatic carbocycles. The van der Waals surface area contributed by atoms with Crippen molar-refractivity contribution in [3.63, 3.8) is 0 Å². The number of ether oxygens (including phenoxy) is 1. The average molecular weight is 502 g/mol. The predicted molar refractivity (Wildman–Crippen MR) is 137 cm³/mol. The molecule has 3 aromatic rings. The molecule has 2 aromatic heterocycles. The minimum Gasteiger partial charge on any atom is -0.488 e. The summed E-state index contributed by atoms with van der Waals surface area (Å²) in [6.45, 7) is 8.46. The number of nitrogens with one attached hydrogen (secondary N) is 1. The van der Waals surface area contributed by atoms with Crippen LogP contribution < -0.4 is 20.5 Å². The van der Waals surface area contributed by atoms with Crippen LogP contribution in [0.15, 0.2) is 53.5 Å². The Bertz CT molecular complexity index is 1240. The topological polar surface area (TPSA) is 80.6 Å². The van der Waals surface area contributed by atoms with Crippen LogP contribution in [0.2, 0.25) is 4.34 Å². The molecular weight excluding hydrogens is 474 g/mol. The largest absolute Gasteiger partial charge is 0.488 e. The van der Waals surface area contributed by atoms with Crippen molar-refractivity contribution in [3.05, 3.63) is 73.8 Å². The van der Waals surface area contributed by atoms with Crippen molar-refractivity contribution < 1.29 is 14.3 Å². The third kappa shape index (κ3) is 6.07. The second-order valence-electron chi connectivity index (χ2n) is 8.00. The summed E-state index contributed by atoms with van der Waals surface area (Å²) in [5, 5.41) is 2.90. The molecule has 2 amide bonds. The molecular formula is C25H28ClN3O4S. The second-order valence-corrected chi connectivity index (χ2v) is 9.72. The van der Waals surface area contributed by atoms with E-state index in [0.717, 1.165) is 11.3 Å². The first-order chi connectivity index (χ1) is 16.2. The van der Waals surface area contributed by atoms with Gasteiger partial charge in [-0.25, -0.2) is 0 Å². The Labute approximate surface area is 207 Å². The van der Waals surface area contributed by atoms with Gasteiger partial charge in [0.2, 0.25) is 5.91 Å². The molecule has 7 nitrogen and oxygen atoms in total. The van der Waals surface area contributed by atoms with Gasteiger partial charge in [0.1, 0.15) is 0 Å². The molecule has 0 aliphatic rings. The molecule has 0 fully saturated rings. The van der Waals surface area contributed by atoms with Crippen LogP contribution in [0, 0.1) is 12.8 Å². The highest BCUT2D eigenvalue weighted by Crippen LogP contribution is 2.24. The van der Waals surface area contributed by atoms with Gasteiger partial charge in [0.15, 0.2) is 5.75 Å². The molecule has 1 N–H and O–H groups in total. The van der Waals surface area contributed by atoms with E-state index in [0.29, 0.717) is 40.3 Å². The molecule has 3 rings (SSSR count). The quantitative estimate of drug-likeness (QED) is 0.461. The zero-order valence-electron chi connectivity index (χ0n) is 19.6. The van der Waals surface area contributed by atoms with Gasteiger partial charge < -0.3 is 15.0 Å². The number of carbonyl (C=O) groups is 2. The number of benzene rings is 1. The first-order valence-electron chi connectivity index (χ1n) is 11.0. The number of halogens is 1. The number of anilines is 1. The normalized spacial score (nSPS) is 11.7. The maximum Gasteiger partial charge on any atom is 0.297 e. The van der Waals surface area contributed by atoms with Gasteiger partial charge in [-0.2, -0.15) is 0 Å². The zero-order chi connectivity index (χ0) is 24.8. The van der Waals surface area contributed by atoms with E-state index in [2.05, 4.69) is 5.32 Å². The van der Waals surface area contributed by atoms with Gasteiger partial charge in [0.25, 0.3) is 11.5 Å². The standard InChI is InChI=1S/C25H28ClN3O4S/c1-5-33-21-7-6-12-28(25(21)32)20-9-8-19(13-17(20)3)29(18(4)30)15-16(2)14-27-24(31)22-10-11-23(26)34-22/h6-13,16H,5,14-15H2,1-4H3,(H,27,31)/t16-/m0/s1. The maximum atomic E-state index is 12.7. The van der Waals surface area contributed by atoms with E-state index in [4.69, 9.17) is 16.3 Å². The van der Waals surface area contributed by atoms with E-state index in [-0.39, 0.29) is 23.3 Å². The number of aromatic nitrogens is 1. The summed E-state index contributed by atoms with van der Waals surface area (Å²) in [5.74, 6) is 0.0113. The third-order valence-electron chi connectivity index (χ3n) is 5.25. The summed E-state index contributed by atoms with van der Waals surface area (Å²) in [6.07, 6.45) is 1.70. The summed E-state index contributed by atoms with van der Waals surface area (Å²) < 4.78 is 7.52. The van der Waals surface area contributed by atoms with Crippen molar-refractivity contribution in [1.29, 1.82) is 0 Å². The summed E-state index contributed by atoms with van der Waals surface area (Å²) in [7, 11) is 0. The van der Waals surface area contributed by atoms with E-state index in [1.54, 1.807) is 35.4 Å². The number of rotatable bonds is 9. The van der Waals surface area contributed by atoms with Crippen LogP contribution in [-0.4, -0.2) is 36.1 Å². The number of thiophene rings is 1. The Morgan fingerprint density at radius 1 is 1.24 bits per heavy atom. The summed E-state index contributed by atoms with van der Waals surface area (Å²) in [4.78, 5) is 39.7. The van der Waals surface area contributed by atoms with Crippen molar-refractivity contribution >= 4 is 40.4 Å². The highest BCUT2D eigenvalue weighted by atomic mass is 35.5. The molecule has 0 saturated carbocycles. The van der Waals surface area contributed by atoms with Crippen LogP contribution >= 0.6 is 22.9 Å². The van der Waals surface area contributed by atoms with Crippen molar-refractivity contribution in [1.82, 2.24) is 9.88 Å². The van der Waals surface area contributed by atoms with Crippen molar-refractivity contribution in [2.75, 3.05) is 24.6 Å². The van der Waals surface area contributed by atoms with Gasteiger partial charge in [0, 0.05) is 31.9 Å². The number of hydrogen-bond acceptors (Lipinski definition) is 5. The van der Waals surface area contributed by atoms with Crippen molar-refractivity contribution in [2.45, 2.75) is 27.7 Å². The highest BCUT2D eigenvalue weighted by molar-refractivity contribution is 7.18. The van der Waals surface area contributed by atoms with Crippen LogP contribution in [0.3, 0.4) is 0 Å². The minimum atomic E-state index is -0.236. The summed E-state index contributed by atoms with van der Waals surface area (Å²) in [6, 6.07) is 12.3. The Morgan fingerprint density at radius 3 is 2.62 bits per heavy atom. The molecule has 9 heteroatoms. The number of nitrogens with zero attached hydrogens (tertiary/aromatic N) is 2. The molecule has 0 unspecified atom stereocenters. The van der Waals surface area contributed by atoms with E-state index < -0.39 is 0 Å². The lowest BCUT2D eigenvalue weighted by Gasteiger charge is -2.26. The zero-order valence-corrected chi connectivity index (χ0v) is 21.2. The summed E-state index contributed by atoms with van der Waals surface area (Å²) >= 11 is 7.13. The van der Waals surface area contributed by atoms with Crippen LogP contribution in [-0.2, 0) is 4.79 Å².